The fourth-order valence-electron chi connectivity index (χ4n) is 1.99. The van der Waals surface area contributed by atoms with Crippen LogP contribution in [0.3, 0.4) is 0 Å². The molecule has 2 aromatic carbocycles. The van der Waals surface area contributed by atoms with Crippen molar-refractivity contribution in [3.05, 3.63) is 59.7 Å². The fraction of sp³-hybridized carbons (Fsp3) is 0.158. The molecule has 1 N–H and O–H groups in total. The highest BCUT2D eigenvalue weighted by Gasteiger charge is 2.10. The second kappa shape index (κ2) is 9.12. The van der Waals surface area contributed by atoms with Gasteiger partial charge in [-0.2, -0.15) is 0 Å². The molecule has 0 saturated carbocycles. The average molecular weight is 355 g/mol. The first kappa shape index (κ1) is 18.9. The molecular formula is C19H17NO6. The lowest BCUT2D eigenvalue weighted by molar-refractivity contribution is -0.149. The normalized spacial score (nSPS) is 9.88. The predicted molar refractivity (Wildman–Crippen MR) is 93.4 cm³/mol. The zero-order chi connectivity index (χ0) is 18.9. The topological polar surface area (TPSA) is 98.8 Å². The van der Waals surface area contributed by atoms with E-state index in [1.807, 2.05) is 0 Å². The summed E-state index contributed by atoms with van der Waals surface area (Å²) in [7, 11) is 0. The highest BCUT2D eigenvalue weighted by molar-refractivity contribution is 5.97. The molecule has 0 aliphatic carbocycles. The van der Waals surface area contributed by atoms with Crippen LogP contribution < -0.4 is 10.1 Å². The summed E-state index contributed by atoms with van der Waals surface area (Å²) in [4.78, 5) is 45.3. The standard InChI is InChI=1S/C19H17NO6/c1-13(22)15-3-2-4-16(9-15)20-18(23)11-26-19(24)12-25-17-7-5-14(10-21)6-8-17/h2-10H,11-12H2,1H3,(H,20,23). The number of ether oxygens (including phenoxy) is 2. The minimum absolute atomic E-state index is 0.120. The van der Waals surface area contributed by atoms with Gasteiger partial charge in [-0.15, -0.1) is 0 Å². The quantitative estimate of drug-likeness (QED) is 0.443. The zero-order valence-electron chi connectivity index (χ0n) is 14.1. The summed E-state index contributed by atoms with van der Waals surface area (Å²) in [6.45, 7) is 0.583. The van der Waals surface area contributed by atoms with Crippen molar-refractivity contribution >= 4 is 29.6 Å². The number of hydrogen-bond donors (Lipinski definition) is 1. The van der Waals surface area contributed by atoms with E-state index in [4.69, 9.17) is 9.47 Å². The monoisotopic (exact) mass is 355 g/mol. The van der Waals surface area contributed by atoms with E-state index in [9.17, 15) is 19.2 Å². The molecule has 0 aliphatic rings. The minimum atomic E-state index is -0.711. The van der Waals surface area contributed by atoms with E-state index in [1.54, 1.807) is 42.5 Å². The molecule has 0 unspecified atom stereocenters. The molecule has 2 rings (SSSR count). The van der Waals surface area contributed by atoms with Gasteiger partial charge in [0.15, 0.2) is 19.0 Å². The maximum atomic E-state index is 11.8. The molecule has 0 radical (unpaired) electrons. The maximum absolute atomic E-state index is 11.8. The highest BCUT2D eigenvalue weighted by Crippen LogP contribution is 2.12. The Morgan fingerprint density at radius 1 is 1.04 bits per heavy atom. The summed E-state index contributed by atoms with van der Waals surface area (Å²) in [5, 5.41) is 2.54. The van der Waals surface area contributed by atoms with E-state index in [1.165, 1.54) is 13.0 Å². The summed E-state index contributed by atoms with van der Waals surface area (Å²) >= 11 is 0. The largest absolute Gasteiger partial charge is 0.482 e. The summed E-state index contributed by atoms with van der Waals surface area (Å²) < 4.78 is 10.0. The molecule has 26 heavy (non-hydrogen) atoms. The highest BCUT2D eigenvalue weighted by atomic mass is 16.6. The smallest absolute Gasteiger partial charge is 0.344 e. The molecule has 2 aromatic rings. The first-order chi connectivity index (χ1) is 12.5. The number of hydrogen-bond acceptors (Lipinski definition) is 6. The Hall–Kier alpha value is -3.48. The molecule has 7 heteroatoms. The molecule has 0 fully saturated rings. The van der Waals surface area contributed by atoms with E-state index < -0.39 is 18.5 Å². The van der Waals surface area contributed by atoms with Crippen molar-refractivity contribution in [2.45, 2.75) is 6.92 Å². The van der Waals surface area contributed by atoms with Gasteiger partial charge in [-0.3, -0.25) is 14.4 Å². The van der Waals surface area contributed by atoms with Gasteiger partial charge in [-0.1, -0.05) is 12.1 Å². The molecule has 134 valence electrons. The average Bonchev–Trinajstić information content (AvgIpc) is 2.65. The van der Waals surface area contributed by atoms with Crippen LogP contribution in [-0.2, 0) is 14.3 Å². The van der Waals surface area contributed by atoms with Crippen molar-refractivity contribution in [2.24, 2.45) is 0 Å². The van der Waals surface area contributed by atoms with Crippen LogP contribution in [0.5, 0.6) is 5.75 Å². The first-order valence-electron chi connectivity index (χ1n) is 7.72. The van der Waals surface area contributed by atoms with Crippen LogP contribution in [0.4, 0.5) is 5.69 Å². The van der Waals surface area contributed by atoms with E-state index in [2.05, 4.69) is 5.32 Å². The molecule has 0 bridgehead atoms. The van der Waals surface area contributed by atoms with Gasteiger partial charge in [0.25, 0.3) is 5.91 Å². The van der Waals surface area contributed by atoms with Gasteiger partial charge in [0, 0.05) is 16.8 Å². The number of benzene rings is 2. The Bertz CT molecular complexity index is 813. The van der Waals surface area contributed by atoms with Crippen molar-refractivity contribution in [3.63, 3.8) is 0 Å². The third-order valence-electron chi connectivity index (χ3n) is 3.29. The van der Waals surface area contributed by atoms with Gasteiger partial charge >= 0.3 is 5.97 Å². The number of ketones is 1. The third kappa shape index (κ3) is 5.86. The number of anilines is 1. The van der Waals surface area contributed by atoms with Crippen LogP contribution in [0.25, 0.3) is 0 Å². The Morgan fingerprint density at radius 3 is 2.42 bits per heavy atom. The van der Waals surface area contributed by atoms with Gasteiger partial charge < -0.3 is 14.8 Å². The predicted octanol–water partition coefficient (Wildman–Crippen LogP) is 2.26. The molecule has 0 spiro atoms. The third-order valence-corrected chi connectivity index (χ3v) is 3.29. The number of aldehydes is 1. The van der Waals surface area contributed by atoms with Gasteiger partial charge in [0.05, 0.1) is 0 Å². The van der Waals surface area contributed by atoms with Crippen molar-refractivity contribution < 1.29 is 28.7 Å². The van der Waals surface area contributed by atoms with Crippen LogP contribution in [0.15, 0.2) is 48.5 Å². The SMILES string of the molecule is CC(=O)c1cccc(NC(=O)COC(=O)COc2ccc(C=O)cc2)c1. The van der Waals surface area contributed by atoms with Crippen molar-refractivity contribution in [3.8, 4) is 5.75 Å². The lowest BCUT2D eigenvalue weighted by Gasteiger charge is -2.08. The summed E-state index contributed by atoms with van der Waals surface area (Å²) in [5.74, 6) is -0.963. The Labute approximate surface area is 149 Å². The second-order valence-corrected chi connectivity index (χ2v) is 5.32. The lowest BCUT2D eigenvalue weighted by atomic mass is 10.1. The van der Waals surface area contributed by atoms with Crippen molar-refractivity contribution in [2.75, 3.05) is 18.5 Å². The van der Waals surface area contributed by atoms with Crippen molar-refractivity contribution in [1.82, 2.24) is 0 Å². The Kier molecular flexibility index (Phi) is 6.61. The van der Waals surface area contributed by atoms with Gasteiger partial charge in [-0.25, -0.2) is 4.79 Å². The number of nitrogens with one attached hydrogen (secondary N) is 1. The van der Waals surface area contributed by atoms with Crippen LogP contribution in [0.2, 0.25) is 0 Å². The van der Waals surface area contributed by atoms with Crippen LogP contribution >= 0.6 is 0 Å². The summed E-state index contributed by atoms with van der Waals surface area (Å²) in [6.07, 6.45) is 0.697. The van der Waals surface area contributed by atoms with Crippen LogP contribution in [0.1, 0.15) is 27.6 Å². The number of esters is 1. The molecule has 1 amide bonds. The number of carbonyl (C=O) groups is 4. The molecule has 0 atom stereocenters. The van der Waals surface area contributed by atoms with E-state index >= 15 is 0 Å². The number of rotatable bonds is 8. The fourth-order valence-corrected chi connectivity index (χ4v) is 1.99. The minimum Gasteiger partial charge on any atom is -0.482 e. The zero-order valence-corrected chi connectivity index (χ0v) is 14.1. The number of amides is 1. The van der Waals surface area contributed by atoms with Gasteiger partial charge in [0.1, 0.15) is 12.0 Å². The van der Waals surface area contributed by atoms with Crippen molar-refractivity contribution in [1.29, 1.82) is 0 Å². The van der Waals surface area contributed by atoms with Crippen LogP contribution in [-0.4, -0.2) is 37.2 Å². The molecule has 0 heterocycles. The van der Waals surface area contributed by atoms with Crippen LogP contribution in [0, 0.1) is 0 Å². The second-order valence-electron chi connectivity index (χ2n) is 5.32. The number of Topliss-reactive ketones (excluding diaryl/α,β-unsaturated/α-hetero) is 1. The van der Waals surface area contributed by atoms with E-state index in [0.717, 1.165) is 0 Å². The van der Waals surface area contributed by atoms with E-state index in [-0.39, 0.29) is 12.4 Å². The number of carbonyl (C=O) groups excluding carboxylic acids is 4. The lowest BCUT2D eigenvalue weighted by Crippen LogP contribution is -2.23. The van der Waals surface area contributed by atoms with Gasteiger partial charge in [0.2, 0.25) is 0 Å². The molecule has 0 aromatic heterocycles. The molecular weight excluding hydrogens is 338 g/mol. The first-order valence-corrected chi connectivity index (χ1v) is 7.72. The van der Waals surface area contributed by atoms with Gasteiger partial charge in [-0.05, 0) is 43.3 Å². The summed E-state index contributed by atoms with van der Waals surface area (Å²) in [6, 6.07) is 12.6. The molecule has 7 nitrogen and oxygen atoms in total. The molecule has 0 saturated heterocycles. The maximum Gasteiger partial charge on any atom is 0.344 e. The van der Waals surface area contributed by atoms with E-state index in [0.29, 0.717) is 28.8 Å². The molecule has 0 aliphatic heterocycles. The Morgan fingerprint density at radius 2 is 1.77 bits per heavy atom. The summed E-state index contributed by atoms with van der Waals surface area (Å²) in [5.41, 5.74) is 1.39. The Balaban J connectivity index is 1.75.